The molecule has 0 N–H and O–H groups in total. The van der Waals surface area contributed by atoms with Gasteiger partial charge in [0.1, 0.15) is 0 Å². The number of carbonyl (C=O) groups excluding carboxylic acids is 1. The zero-order valence-electron chi connectivity index (χ0n) is 13.8. The number of benzene rings is 1. The van der Waals surface area contributed by atoms with Crippen LogP contribution in [-0.2, 0) is 11.8 Å². The highest BCUT2D eigenvalue weighted by molar-refractivity contribution is 6.04. The third kappa shape index (κ3) is 2.41. The molecule has 0 atom stereocenters. The van der Waals surface area contributed by atoms with Crippen molar-refractivity contribution in [1.29, 1.82) is 0 Å². The number of aromatic nitrogens is 2. The molecule has 0 radical (unpaired) electrons. The summed E-state index contributed by atoms with van der Waals surface area (Å²) in [5.41, 5.74) is 0.158. The topological polar surface area (TPSA) is 64.4 Å². The van der Waals surface area contributed by atoms with Crippen molar-refractivity contribution >= 4 is 16.7 Å². The average Bonchev–Trinajstić information content (AvgIpc) is 3.06. The summed E-state index contributed by atoms with van der Waals surface area (Å²) in [7, 11) is 1.59. The van der Waals surface area contributed by atoms with Crippen molar-refractivity contribution in [3.63, 3.8) is 0 Å². The van der Waals surface area contributed by atoms with Gasteiger partial charge in [-0.1, -0.05) is 18.2 Å². The van der Waals surface area contributed by atoms with Crippen molar-refractivity contribution in [1.82, 2.24) is 14.7 Å². The van der Waals surface area contributed by atoms with E-state index in [9.17, 15) is 9.59 Å². The molecule has 2 aliphatic rings. The first-order valence-electron chi connectivity index (χ1n) is 8.49. The number of carbonyl (C=O) groups is 1. The zero-order valence-corrected chi connectivity index (χ0v) is 13.8. The molecule has 2 aliphatic heterocycles. The Morgan fingerprint density at radius 3 is 2.54 bits per heavy atom. The summed E-state index contributed by atoms with van der Waals surface area (Å²) in [6, 6.07) is 7.17. The summed E-state index contributed by atoms with van der Waals surface area (Å²) in [5.74, 6) is -0.102. The Balaban J connectivity index is 1.65. The Bertz CT molecular complexity index is 842. The van der Waals surface area contributed by atoms with Gasteiger partial charge in [-0.25, -0.2) is 4.68 Å². The highest BCUT2D eigenvalue weighted by Gasteiger charge is 2.39. The maximum atomic E-state index is 13.0. The molecular weight excluding hydrogens is 306 g/mol. The predicted octanol–water partition coefficient (Wildman–Crippen LogP) is 1.72. The van der Waals surface area contributed by atoms with Gasteiger partial charge in [0.05, 0.1) is 11.0 Å². The standard InChI is InChI=1S/C18H21N3O3/c1-20-16(22)14-6-3-2-5-13(14)15(19-20)17(23)21-10-8-18(9-11-21)7-4-12-24-18/h2-3,5-6H,4,7-12H2,1H3. The SMILES string of the molecule is Cn1nc(C(=O)N2CCC3(CCCO3)CC2)c2ccccc2c1=O. The molecule has 6 heteroatoms. The molecule has 3 heterocycles. The van der Waals surface area contributed by atoms with E-state index in [1.807, 2.05) is 11.0 Å². The van der Waals surface area contributed by atoms with Crippen LogP contribution in [0.25, 0.3) is 10.8 Å². The van der Waals surface area contributed by atoms with E-state index >= 15 is 0 Å². The van der Waals surface area contributed by atoms with Crippen LogP contribution in [0.3, 0.4) is 0 Å². The molecule has 0 aliphatic carbocycles. The summed E-state index contributed by atoms with van der Waals surface area (Å²) < 4.78 is 7.17. The highest BCUT2D eigenvalue weighted by atomic mass is 16.5. The van der Waals surface area contributed by atoms with Crippen LogP contribution in [0.2, 0.25) is 0 Å². The van der Waals surface area contributed by atoms with Crippen LogP contribution >= 0.6 is 0 Å². The van der Waals surface area contributed by atoms with Crippen LogP contribution in [0, 0.1) is 0 Å². The lowest BCUT2D eigenvalue weighted by Crippen LogP contribution is -2.46. The predicted molar refractivity (Wildman–Crippen MR) is 90.0 cm³/mol. The Hall–Kier alpha value is -2.21. The number of hydrogen-bond acceptors (Lipinski definition) is 4. The van der Waals surface area contributed by atoms with E-state index in [2.05, 4.69) is 5.10 Å². The zero-order chi connectivity index (χ0) is 16.7. The van der Waals surface area contributed by atoms with Crippen molar-refractivity contribution in [2.45, 2.75) is 31.3 Å². The number of nitrogens with zero attached hydrogens (tertiary/aromatic N) is 3. The van der Waals surface area contributed by atoms with Crippen LogP contribution in [0.4, 0.5) is 0 Å². The van der Waals surface area contributed by atoms with E-state index in [0.29, 0.717) is 29.6 Å². The minimum absolute atomic E-state index is 0.0180. The maximum Gasteiger partial charge on any atom is 0.274 e. The summed E-state index contributed by atoms with van der Waals surface area (Å²) in [6.07, 6.45) is 3.96. The summed E-state index contributed by atoms with van der Waals surface area (Å²) in [6.45, 7) is 2.19. The molecule has 0 bridgehead atoms. The van der Waals surface area contributed by atoms with Gasteiger partial charge in [-0.2, -0.15) is 5.10 Å². The fourth-order valence-electron chi connectivity index (χ4n) is 3.87. The summed E-state index contributed by atoms with van der Waals surface area (Å²) in [4.78, 5) is 27.0. The second-order valence-corrected chi connectivity index (χ2v) is 6.75. The maximum absolute atomic E-state index is 13.0. The Labute approximate surface area is 140 Å². The molecule has 1 amide bonds. The quantitative estimate of drug-likeness (QED) is 0.800. The van der Waals surface area contributed by atoms with E-state index in [1.54, 1.807) is 25.2 Å². The summed E-state index contributed by atoms with van der Waals surface area (Å²) >= 11 is 0. The average molecular weight is 327 g/mol. The molecule has 2 saturated heterocycles. The summed E-state index contributed by atoms with van der Waals surface area (Å²) in [5, 5.41) is 5.41. The number of hydrogen-bond donors (Lipinski definition) is 0. The minimum atomic E-state index is -0.181. The molecular formula is C18H21N3O3. The highest BCUT2D eigenvalue weighted by Crippen LogP contribution is 2.36. The molecule has 6 nitrogen and oxygen atoms in total. The molecule has 1 aromatic heterocycles. The van der Waals surface area contributed by atoms with Crippen LogP contribution in [0.1, 0.15) is 36.2 Å². The lowest BCUT2D eigenvalue weighted by Gasteiger charge is -2.38. The molecule has 4 rings (SSSR count). The third-order valence-corrected chi connectivity index (χ3v) is 5.31. The van der Waals surface area contributed by atoms with Gasteiger partial charge >= 0.3 is 0 Å². The van der Waals surface area contributed by atoms with Crippen LogP contribution in [0.15, 0.2) is 29.1 Å². The Morgan fingerprint density at radius 2 is 1.88 bits per heavy atom. The lowest BCUT2D eigenvalue weighted by molar-refractivity contribution is -0.0388. The molecule has 0 saturated carbocycles. The Morgan fingerprint density at radius 1 is 1.17 bits per heavy atom. The largest absolute Gasteiger partial charge is 0.375 e. The first-order chi connectivity index (χ1) is 11.6. The van der Waals surface area contributed by atoms with Gasteiger partial charge in [-0.15, -0.1) is 0 Å². The Kier molecular flexibility index (Phi) is 3.64. The van der Waals surface area contributed by atoms with Crippen LogP contribution < -0.4 is 5.56 Å². The first-order valence-corrected chi connectivity index (χ1v) is 8.49. The molecule has 126 valence electrons. The molecule has 24 heavy (non-hydrogen) atoms. The number of ether oxygens (including phenoxy) is 1. The molecule has 1 spiro atoms. The minimum Gasteiger partial charge on any atom is -0.375 e. The van der Waals surface area contributed by atoms with Gasteiger partial charge in [0.2, 0.25) is 0 Å². The van der Waals surface area contributed by atoms with Crippen molar-refractivity contribution in [2.75, 3.05) is 19.7 Å². The van der Waals surface area contributed by atoms with Crippen LogP contribution in [-0.4, -0.2) is 45.9 Å². The fraction of sp³-hybridized carbons (Fsp3) is 0.500. The van der Waals surface area contributed by atoms with Crippen molar-refractivity contribution in [3.05, 3.63) is 40.3 Å². The molecule has 0 unspecified atom stereocenters. The van der Waals surface area contributed by atoms with Gasteiger partial charge in [0.15, 0.2) is 5.69 Å². The van der Waals surface area contributed by atoms with Gasteiger partial charge < -0.3 is 9.64 Å². The van der Waals surface area contributed by atoms with E-state index < -0.39 is 0 Å². The monoisotopic (exact) mass is 327 g/mol. The normalized spacial score (nSPS) is 20.0. The van der Waals surface area contributed by atoms with Crippen molar-refractivity contribution in [3.8, 4) is 0 Å². The number of rotatable bonds is 1. The number of amides is 1. The van der Waals surface area contributed by atoms with E-state index in [1.165, 1.54) is 4.68 Å². The van der Waals surface area contributed by atoms with Crippen molar-refractivity contribution in [2.24, 2.45) is 7.05 Å². The number of fused-ring (bicyclic) bond motifs is 1. The van der Waals surface area contributed by atoms with Gasteiger partial charge in [-0.3, -0.25) is 9.59 Å². The third-order valence-electron chi connectivity index (χ3n) is 5.31. The number of aryl methyl sites for hydroxylation is 1. The number of piperidine rings is 1. The van der Waals surface area contributed by atoms with Crippen molar-refractivity contribution < 1.29 is 9.53 Å². The van der Waals surface area contributed by atoms with Crippen LogP contribution in [0.5, 0.6) is 0 Å². The first kappa shape index (κ1) is 15.3. The van der Waals surface area contributed by atoms with Gasteiger partial charge in [-0.05, 0) is 31.7 Å². The van der Waals surface area contributed by atoms with Gasteiger partial charge in [0.25, 0.3) is 11.5 Å². The lowest BCUT2D eigenvalue weighted by atomic mass is 9.88. The number of likely N-dealkylation sites (tertiary alicyclic amines) is 1. The van der Waals surface area contributed by atoms with E-state index in [-0.39, 0.29) is 17.1 Å². The molecule has 2 fully saturated rings. The molecule has 1 aromatic carbocycles. The second kappa shape index (κ2) is 5.70. The molecule has 2 aromatic rings. The second-order valence-electron chi connectivity index (χ2n) is 6.75. The smallest absolute Gasteiger partial charge is 0.274 e. The van der Waals surface area contributed by atoms with E-state index in [4.69, 9.17) is 4.74 Å². The van der Waals surface area contributed by atoms with Gasteiger partial charge in [0, 0.05) is 32.1 Å². The fourth-order valence-corrected chi connectivity index (χ4v) is 3.87. The van der Waals surface area contributed by atoms with E-state index in [0.717, 1.165) is 32.3 Å².